The molecule has 0 radical (unpaired) electrons. The second-order valence-corrected chi connectivity index (χ2v) is 2.95. The molecule has 2 rings (SSSR count). The molecular formula is C10H8N2O2. The molecule has 2 aromatic heterocycles. The summed E-state index contributed by atoms with van der Waals surface area (Å²) in [6, 6.07) is 3.52. The maximum Gasteiger partial charge on any atom is 0.181 e. The first-order valence-electron chi connectivity index (χ1n) is 4.14. The van der Waals surface area contributed by atoms with Gasteiger partial charge in [-0.05, 0) is 12.1 Å². The zero-order chi connectivity index (χ0) is 10.1. The van der Waals surface area contributed by atoms with E-state index < -0.39 is 0 Å². The minimum absolute atomic E-state index is 0.0659. The van der Waals surface area contributed by atoms with Gasteiger partial charge in [0.25, 0.3) is 0 Å². The van der Waals surface area contributed by atoms with Crippen molar-refractivity contribution in [3.8, 4) is 5.75 Å². The van der Waals surface area contributed by atoms with Crippen molar-refractivity contribution in [1.29, 1.82) is 0 Å². The predicted octanol–water partition coefficient (Wildman–Crippen LogP) is 1.54. The van der Waals surface area contributed by atoms with Gasteiger partial charge in [0.05, 0.1) is 0 Å². The fourth-order valence-electron chi connectivity index (χ4n) is 1.28. The Morgan fingerprint density at radius 3 is 2.93 bits per heavy atom. The lowest BCUT2D eigenvalue weighted by atomic mass is 10.2. The molecule has 2 heterocycles. The maximum atomic E-state index is 11.1. The van der Waals surface area contributed by atoms with Gasteiger partial charge < -0.3 is 5.11 Å². The smallest absolute Gasteiger partial charge is 0.181 e. The van der Waals surface area contributed by atoms with E-state index in [1.807, 2.05) is 0 Å². The molecule has 0 fully saturated rings. The van der Waals surface area contributed by atoms with Crippen molar-refractivity contribution in [3.63, 3.8) is 0 Å². The monoisotopic (exact) mass is 188 g/mol. The average molecular weight is 188 g/mol. The SMILES string of the molecule is CC(=O)c1ncc2cccnc2c1O. The summed E-state index contributed by atoms with van der Waals surface area (Å²) in [4.78, 5) is 18.9. The summed E-state index contributed by atoms with van der Waals surface area (Å²) in [5.41, 5.74) is 0.476. The predicted molar refractivity (Wildman–Crippen MR) is 51.2 cm³/mol. The molecule has 0 bridgehead atoms. The largest absolute Gasteiger partial charge is 0.504 e. The lowest BCUT2D eigenvalue weighted by Crippen LogP contribution is -1.97. The van der Waals surface area contributed by atoms with Crippen LogP contribution in [0.5, 0.6) is 5.75 Å². The highest BCUT2D eigenvalue weighted by molar-refractivity contribution is 6.00. The number of ketones is 1. The minimum atomic E-state index is -0.268. The van der Waals surface area contributed by atoms with Gasteiger partial charge in [0.2, 0.25) is 0 Å². The van der Waals surface area contributed by atoms with E-state index in [9.17, 15) is 9.90 Å². The number of carbonyl (C=O) groups excluding carboxylic acids is 1. The summed E-state index contributed by atoms with van der Waals surface area (Å²) in [5.74, 6) is -0.411. The van der Waals surface area contributed by atoms with E-state index in [0.29, 0.717) is 5.52 Å². The zero-order valence-electron chi connectivity index (χ0n) is 7.56. The third-order valence-corrected chi connectivity index (χ3v) is 1.95. The molecule has 70 valence electrons. The van der Waals surface area contributed by atoms with Crippen molar-refractivity contribution in [2.75, 3.05) is 0 Å². The third kappa shape index (κ3) is 1.21. The van der Waals surface area contributed by atoms with Crippen LogP contribution in [0.1, 0.15) is 17.4 Å². The van der Waals surface area contributed by atoms with Crippen molar-refractivity contribution >= 4 is 16.7 Å². The molecule has 0 spiro atoms. The third-order valence-electron chi connectivity index (χ3n) is 1.95. The second-order valence-electron chi connectivity index (χ2n) is 2.95. The Morgan fingerprint density at radius 1 is 1.43 bits per heavy atom. The summed E-state index contributed by atoms with van der Waals surface area (Å²) in [7, 11) is 0. The highest BCUT2D eigenvalue weighted by atomic mass is 16.3. The molecule has 0 aliphatic heterocycles. The van der Waals surface area contributed by atoms with Gasteiger partial charge in [-0.15, -0.1) is 0 Å². The second kappa shape index (κ2) is 3.06. The molecule has 0 aromatic carbocycles. The van der Waals surface area contributed by atoms with E-state index >= 15 is 0 Å². The summed E-state index contributed by atoms with van der Waals surface area (Å²) in [6.45, 7) is 1.36. The normalized spacial score (nSPS) is 10.4. The van der Waals surface area contributed by atoms with Crippen LogP contribution >= 0.6 is 0 Å². The van der Waals surface area contributed by atoms with Gasteiger partial charge in [0, 0.05) is 24.7 Å². The lowest BCUT2D eigenvalue weighted by molar-refractivity contribution is 0.101. The van der Waals surface area contributed by atoms with Crippen LogP contribution in [0.3, 0.4) is 0 Å². The van der Waals surface area contributed by atoms with Crippen LogP contribution in [0.15, 0.2) is 24.5 Å². The van der Waals surface area contributed by atoms with E-state index in [1.165, 1.54) is 13.1 Å². The van der Waals surface area contributed by atoms with Crippen molar-refractivity contribution in [2.24, 2.45) is 0 Å². The molecule has 1 N–H and O–H groups in total. The molecule has 0 atom stereocenters. The van der Waals surface area contributed by atoms with E-state index in [4.69, 9.17) is 0 Å². The average Bonchev–Trinajstić information content (AvgIpc) is 2.18. The van der Waals surface area contributed by atoms with Crippen molar-refractivity contribution < 1.29 is 9.90 Å². The number of fused-ring (bicyclic) bond motifs is 1. The van der Waals surface area contributed by atoms with Crippen LogP contribution in [0.25, 0.3) is 10.9 Å². The Balaban J connectivity index is 2.81. The molecule has 0 saturated carbocycles. The van der Waals surface area contributed by atoms with Crippen LogP contribution in [0.2, 0.25) is 0 Å². The highest BCUT2D eigenvalue weighted by Gasteiger charge is 2.11. The highest BCUT2D eigenvalue weighted by Crippen LogP contribution is 2.24. The number of carbonyl (C=O) groups is 1. The molecule has 4 nitrogen and oxygen atoms in total. The van der Waals surface area contributed by atoms with Crippen molar-refractivity contribution in [1.82, 2.24) is 9.97 Å². The summed E-state index contributed by atoms with van der Waals surface area (Å²) < 4.78 is 0. The van der Waals surface area contributed by atoms with Crippen LogP contribution in [0.4, 0.5) is 0 Å². The molecule has 0 amide bonds. The number of aromatic hydroxyl groups is 1. The molecule has 14 heavy (non-hydrogen) atoms. The van der Waals surface area contributed by atoms with Crippen molar-refractivity contribution in [3.05, 3.63) is 30.2 Å². The van der Waals surface area contributed by atoms with E-state index in [2.05, 4.69) is 9.97 Å². The number of hydrogen-bond donors (Lipinski definition) is 1. The first-order valence-corrected chi connectivity index (χ1v) is 4.14. The van der Waals surface area contributed by atoms with Gasteiger partial charge in [-0.3, -0.25) is 9.78 Å². The molecular weight excluding hydrogens is 180 g/mol. The fraction of sp³-hybridized carbons (Fsp3) is 0.100. The number of nitrogens with zero attached hydrogens (tertiary/aromatic N) is 2. The van der Waals surface area contributed by atoms with Crippen LogP contribution in [-0.4, -0.2) is 20.9 Å². The van der Waals surface area contributed by atoms with Crippen LogP contribution in [0, 0.1) is 0 Å². The molecule has 4 heteroatoms. The maximum absolute atomic E-state index is 11.1. The fourth-order valence-corrected chi connectivity index (χ4v) is 1.28. The Bertz CT molecular complexity index is 508. The molecule has 0 aliphatic carbocycles. The van der Waals surface area contributed by atoms with Crippen molar-refractivity contribution in [2.45, 2.75) is 6.92 Å². The number of aromatic nitrogens is 2. The first-order chi connectivity index (χ1) is 6.70. The number of hydrogen-bond acceptors (Lipinski definition) is 4. The number of Topliss-reactive ketones (excluding diaryl/α,β-unsaturated/α-hetero) is 1. The molecule has 0 saturated heterocycles. The van der Waals surface area contributed by atoms with E-state index in [1.54, 1.807) is 18.3 Å². The van der Waals surface area contributed by atoms with Gasteiger partial charge in [0.1, 0.15) is 11.2 Å². The summed E-state index contributed by atoms with van der Waals surface area (Å²) in [6.07, 6.45) is 3.09. The standard InChI is InChI=1S/C10H8N2O2/c1-6(13)8-10(14)9-7(5-12-8)3-2-4-11-9/h2-5,14H,1H3. The Hall–Kier alpha value is -1.97. The Labute approximate surface area is 80.2 Å². The van der Waals surface area contributed by atoms with Gasteiger partial charge in [-0.2, -0.15) is 0 Å². The summed E-state index contributed by atoms with van der Waals surface area (Å²) in [5, 5.41) is 10.4. The van der Waals surface area contributed by atoms with Gasteiger partial charge in [-0.25, -0.2) is 4.98 Å². The molecule has 2 aromatic rings. The Morgan fingerprint density at radius 2 is 2.21 bits per heavy atom. The van der Waals surface area contributed by atoms with Crippen LogP contribution < -0.4 is 0 Å². The van der Waals surface area contributed by atoms with E-state index in [0.717, 1.165) is 5.39 Å². The topological polar surface area (TPSA) is 63.1 Å². The van der Waals surface area contributed by atoms with Gasteiger partial charge in [0.15, 0.2) is 11.5 Å². The summed E-state index contributed by atoms with van der Waals surface area (Å²) >= 11 is 0. The molecule has 0 unspecified atom stereocenters. The molecule has 0 aliphatic rings. The minimum Gasteiger partial charge on any atom is -0.504 e. The lowest BCUT2D eigenvalue weighted by Gasteiger charge is -2.02. The first kappa shape index (κ1) is 8.62. The number of pyridine rings is 2. The van der Waals surface area contributed by atoms with Crippen LogP contribution in [-0.2, 0) is 0 Å². The van der Waals surface area contributed by atoms with E-state index in [-0.39, 0.29) is 17.2 Å². The number of rotatable bonds is 1. The van der Waals surface area contributed by atoms with Gasteiger partial charge >= 0.3 is 0 Å². The Kier molecular flexibility index (Phi) is 1.89. The quantitative estimate of drug-likeness (QED) is 0.689. The zero-order valence-corrected chi connectivity index (χ0v) is 7.56. The van der Waals surface area contributed by atoms with Gasteiger partial charge in [-0.1, -0.05) is 0 Å².